The number of ether oxygens (including phenoxy) is 1. The first kappa shape index (κ1) is 18.0. The third kappa shape index (κ3) is 5.36. The number of carbonyl (C=O) groups excluding carboxylic acids is 2. The van der Waals surface area contributed by atoms with Gasteiger partial charge in [-0.05, 0) is 42.3 Å². The van der Waals surface area contributed by atoms with Gasteiger partial charge in [0.05, 0.1) is 24.4 Å². The molecule has 0 saturated heterocycles. The van der Waals surface area contributed by atoms with Crippen molar-refractivity contribution in [1.29, 1.82) is 5.26 Å². The van der Waals surface area contributed by atoms with E-state index in [1.807, 2.05) is 12.1 Å². The molecule has 0 unspecified atom stereocenters. The highest BCUT2D eigenvalue weighted by Crippen LogP contribution is 2.27. The van der Waals surface area contributed by atoms with Gasteiger partial charge in [-0.2, -0.15) is 5.26 Å². The maximum Gasteiger partial charge on any atom is 0.224 e. The zero-order valence-electron chi connectivity index (χ0n) is 14.1. The average Bonchev–Trinajstić information content (AvgIpc) is 2.60. The molecule has 6 heteroatoms. The molecular weight excluding hydrogens is 318 g/mol. The Morgan fingerprint density at radius 2 is 1.84 bits per heavy atom. The van der Waals surface area contributed by atoms with Gasteiger partial charge < -0.3 is 15.4 Å². The van der Waals surface area contributed by atoms with Crippen LogP contribution >= 0.6 is 0 Å². The van der Waals surface area contributed by atoms with Gasteiger partial charge in [0.15, 0.2) is 0 Å². The first-order valence-electron chi connectivity index (χ1n) is 7.76. The molecule has 128 valence electrons. The van der Waals surface area contributed by atoms with Crippen LogP contribution in [0.25, 0.3) is 0 Å². The Labute approximate surface area is 146 Å². The van der Waals surface area contributed by atoms with E-state index in [2.05, 4.69) is 16.7 Å². The summed E-state index contributed by atoms with van der Waals surface area (Å²) in [6.45, 7) is 1.41. The molecule has 0 fully saturated rings. The molecule has 0 spiro atoms. The number of hydrogen-bond donors (Lipinski definition) is 2. The number of nitriles is 1. The molecular formula is C19H19N3O3. The third-order valence-electron chi connectivity index (χ3n) is 3.52. The van der Waals surface area contributed by atoms with Crippen LogP contribution in [-0.4, -0.2) is 18.9 Å². The highest BCUT2D eigenvalue weighted by atomic mass is 16.5. The second kappa shape index (κ2) is 8.50. The van der Waals surface area contributed by atoms with Crippen molar-refractivity contribution in [2.45, 2.75) is 19.8 Å². The van der Waals surface area contributed by atoms with E-state index in [-0.39, 0.29) is 11.8 Å². The molecule has 0 aliphatic heterocycles. The van der Waals surface area contributed by atoms with Gasteiger partial charge in [0, 0.05) is 19.0 Å². The minimum Gasteiger partial charge on any atom is -0.495 e. The molecule has 6 nitrogen and oxygen atoms in total. The van der Waals surface area contributed by atoms with Crippen LogP contribution < -0.4 is 15.4 Å². The van der Waals surface area contributed by atoms with Crippen LogP contribution in [0.3, 0.4) is 0 Å². The monoisotopic (exact) mass is 337 g/mol. The summed E-state index contributed by atoms with van der Waals surface area (Å²) >= 11 is 0. The zero-order chi connectivity index (χ0) is 18.2. The summed E-state index contributed by atoms with van der Waals surface area (Å²) in [5, 5.41) is 14.2. The molecule has 2 rings (SSSR count). The lowest BCUT2D eigenvalue weighted by molar-refractivity contribution is -0.116. The number of benzene rings is 2. The lowest BCUT2D eigenvalue weighted by Gasteiger charge is -2.12. The van der Waals surface area contributed by atoms with Crippen molar-refractivity contribution < 1.29 is 14.3 Å². The van der Waals surface area contributed by atoms with Crippen LogP contribution in [0.5, 0.6) is 5.75 Å². The Kier molecular flexibility index (Phi) is 6.13. The van der Waals surface area contributed by atoms with Gasteiger partial charge in [0.25, 0.3) is 0 Å². The van der Waals surface area contributed by atoms with E-state index >= 15 is 0 Å². The average molecular weight is 337 g/mol. The predicted molar refractivity (Wildman–Crippen MR) is 95.4 cm³/mol. The maximum absolute atomic E-state index is 12.1. The Bertz CT molecular complexity index is 808. The number of anilines is 2. The number of aryl methyl sites for hydroxylation is 1. The number of methoxy groups -OCH3 is 1. The van der Waals surface area contributed by atoms with Gasteiger partial charge in [0.1, 0.15) is 5.75 Å². The third-order valence-corrected chi connectivity index (χ3v) is 3.52. The van der Waals surface area contributed by atoms with E-state index in [1.165, 1.54) is 14.0 Å². The van der Waals surface area contributed by atoms with E-state index < -0.39 is 0 Å². The van der Waals surface area contributed by atoms with Gasteiger partial charge in [-0.1, -0.05) is 12.1 Å². The van der Waals surface area contributed by atoms with Crippen LogP contribution in [-0.2, 0) is 16.0 Å². The Balaban J connectivity index is 1.97. The Morgan fingerprint density at radius 1 is 1.12 bits per heavy atom. The van der Waals surface area contributed by atoms with Gasteiger partial charge in [-0.25, -0.2) is 0 Å². The number of nitrogens with zero attached hydrogens (tertiary/aromatic N) is 1. The van der Waals surface area contributed by atoms with Gasteiger partial charge in [0.2, 0.25) is 11.8 Å². The fourth-order valence-electron chi connectivity index (χ4n) is 2.30. The zero-order valence-corrected chi connectivity index (χ0v) is 14.1. The van der Waals surface area contributed by atoms with E-state index in [9.17, 15) is 9.59 Å². The van der Waals surface area contributed by atoms with Gasteiger partial charge in [-0.15, -0.1) is 0 Å². The van der Waals surface area contributed by atoms with Crippen LogP contribution in [0.4, 0.5) is 11.4 Å². The quantitative estimate of drug-likeness (QED) is 0.847. The molecule has 2 amide bonds. The SMILES string of the molecule is COc1ccc(NC(=O)CCc2ccc(C#N)cc2)cc1NC(C)=O. The van der Waals surface area contributed by atoms with Crippen molar-refractivity contribution >= 4 is 23.2 Å². The minimum absolute atomic E-state index is 0.136. The fraction of sp³-hybridized carbons (Fsp3) is 0.211. The molecule has 0 bridgehead atoms. The lowest BCUT2D eigenvalue weighted by atomic mass is 10.1. The first-order chi connectivity index (χ1) is 12.0. The molecule has 0 aliphatic carbocycles. The Morgan fingerprint density at radius 3 is 2.44 bits per heavy atom. The number of hydrogen-bond acceptors (Lipinski definition) is 4. The summed E-state index contributed by atoms with van der Waals surface area (Å²) in [7, 11) is 1.51. The van der Waals surface area contributed by atoms with Crippen molar-refractivity contribution in [3.8, 4) is 11.8 Å². The summed E-state index contributed by atoms with van der Waals surface area (Å²) in [5.74, 6) is 0.164. The molecule has 0 atom stereocenters. The predicted octanol–water partition coefficient (Wildman–Crippen LogP) is 3.10. The number of amides is 2. The summed E-state index contributed by atoms with van der Waals surface area (Å²) < 4.78 is 5.18. The summed E-state index contributed by atoms with van der Waals surface area (Å²) in [6, 6.07) is 14.3. The van der Waals surface area contributed by atoms with Crippen molar-refractivity contribution in [1.82, 2.24) is 0 Å². The number of carbonyl (C=O) groups is 2. The molecule has 0 heterocycles. The van der Waals surface area contributed by atoms with Crippen LogP contribution in [0.2, 0.25) is 0 Å². The smallest absolute Gasteiger partial charge is 0.224 e. The molecule has 2 aromatic carbocycles. The first-order valence-corrected chi connectivity index (χ1v) is 7.76. The fourth-order valence-corrected chi connectivity index (χ4v) is 2.30. The molecule has 0 radical (unpaired) electrons. The van der Waals surface area contributed by atoms with Crippen molar-refractivity contribution in [2.24, 2.45) is 0 Å². The largest absolute Gasteiger partial charge is 0.495 e. The molecule has 0 aromatic heterocycles. The Hall–Kier alpha value is -3.33. The highest BCUT2D eigenvalue weighted by Gasteiger charge is 2.08. The van der Waals surface area contributed by atoms with Crippen LogP contribution in [0, 0.1) is 11.3 Å². The molecule has 25 heavy (non-hydrogen) atoms. The van der Waals surface area contributed by atoms with Crippen molar-refractivity contribution in [3.63, 3.8) is 0 Å². The van der Waals surface area contributed by atoms with E-state index in [0.717, 1.165) is 5.56 Å². The maximum atomic E-state index is 12.1. The molecule has 0 aliphatic rings. The molecule has 2 N–H and O–H groups in total. The topological polar surface area (TPSA) is 91.2 Å². The lowest BCUT2D eigenvalue weighted by Crippen LogP contribution is -2.13. The van der Waals surface area contributed by atoms with Crippen LogP contribution in [0.15, 0.2) is 42.5 Å². The second-order valence-electron chi connectivity index (χ2n) is 5.45. The van der Waals surface area contributed by atoms with E-state index in [1.54, 1.807) is 30.3 Å². The van der Waals surface area contributed by atoms with E-state index in [0.29, 0.717) is 35.5 Å². The molecule has 0 saturated carbocycles. The summed E-state index contributed by atoms with van der Waals surface area (Å²) in [4.78, 5) is 23.4. The van der Waals surface area contributed by atoms with Crippen LogP contribution in [0.1, 0.15) is 24.5 Å². The highest BCUT2D eigenvalue weighted by molar-refractivity contribution is 5.94. The molecule has 2 aromatic rings. The number of rotatable bonds is 6. The van der Waals surface area contributed by atoms with Crippen molar-refractivity contribution in [3.05, 3.63) is 53.6 Å². The summed E-state index contributed by atoms with van der Waals surface area (Å²) in [6.07, 6.45) is 0.889. The van der Waals surface area contributed by atoms with Gasteiger partial charge in [-0.3, -0.25) is 9.59 Å². The van der Waals surface area contributed by atoms with Crippen molar-refractivity contribution in [2.75, 3.05) is 17.7 Å². The second-order valence-corrected chi connectivity index (χ2v) is 5.45. The standard InChI is InChI=1S/C19H19N3O3/c1-13(23)21-17-11-16(8-9-18(17)25-2)22-19(24)10-7-14-3-5-15(12-20)6-4-14/h3-6,8-9,11H,7,10H2,1-2H3,(H,21,23)(H,22,24). The number of nitrogens with one attached hydrogen (secondary N) is 2. The summed E-state index contributed by atoms with van der Waals surface area (Å²) in [5.41, 5.74) is 2.66. The minimum atomic E-state index is -0.220. The van der Waals surface area contributed by atoms with E-state index in [4.69, 9.17) is 10.00 Å². The van der Waals surface area contributed by atoms with Gasteiger partial charge >= 0.3 is 0 Å². The normalized spacial score (nSPS) is 9.80.